The number of carbonyl (C=O) groups is 2. The molecule has 0 bridgehead atoms. The van der Waals surface area contributed by atoms with Gasteiger partial charge in [0.25, 0.3) is 6.47 Å². The number of aromatic hydroxyl groups is 5. The fraction of sp³-hybridized carbons (Fsp3) is 0.333. The number of rotatable bonds is 4. The summed E-state index contributed by atoms with van der Waals surface area (Å²) in [5.41, 5.74) is -0.793. The molecule has 118 valence electrons. The van der Waals surface area contributed by atoms with Crippen LogP contribution >= 0.6 is 0 Å². The number of benzene rings is 1. The van der Waals surface area contributed by atoms with Crippen LogP contribution in [0.5, 0.6) is 28.7 Å². The number of ether oxygens (including phenoxy) is 1. The molecule has 0 aliphatic rings. The number of phenolic OH excluding ortho intramolecular Hbond substituents is 5. The van der Waals surface area contributed by atoms with E-state index in [1.165, 1.54) is 0 Å². The van der Waals surface area contributed by atoms with Gasteiger partial charge in [-0.1, -0.05) is 13.3 Å². The molecule has 0 fully saturated rings. The molecule has 0 saturated carbocycles. The maximum Gasteiger partial charge on any atom is 0.346 e. The maximum absolute atomic E-state index is 11.5. The van der Waals surface area contributed by atoms with Gasteiger partial charge in [0.05, 0.1) is 6.61 Å². The Morgan fingerprint density at radius 3 is 1.76 bits per heavy atom. The zero-order chi connectivity index (χ0) is 16.6. The molecule has 0 spiro atoms. The molecule has 0 radical (unpaired) electrons. The fourth-order valence-electron chi connectivity index (χ4n) is 1.26. The van der Waals surface area contributed by atoms with E-state index in [2.05, 4.69) is 0 Å². The van der Waals surface area contributed by atoms with Crippen molar-refractivity contribution in [3.63, 3.8) is 0 Å². The Morgan fingerprint density at radius 2 is 1.38 bits per heavy atom. The topological polar surface area (TPSA) is 165 Å². The molecule has 1 aromatic rings. The van der Waals surface area contributed by atoms with Crippen LogP contribution in [0.1, 0.15) is 30.1 Å². The summed E-state index contributed by atoms with van der Waals surface area (Å²) in [5, 5.41) is 53.3. The zero-order valence-electron chi connectivity index (χ0n) is 11.1. The number of hydrogen-bond acceptors (Lipinski definition) is 8. The van der Waals surface area contributed by atoms with E-state index in [-0.39, 0.29) is 13.1 Å². The van der Waals surface area contributed by atoms with E-state index in [1.807, 2.05) is 6.92 Å². The average Bonchev–Trinajstić information content (AvgIpc) is 2.44. The predicted molar refractivity (Wildman–Crippen MR) is 68.6 cm³/mol. The standard InChI is InChI=1S/C11H14O7.CH2O2/c1-2-3-4-18-11(17)5-6(12)8(14)10(16)9(15)7(5)13;2-1-3/h12-16H,2-4H2,1H3;1H,(H,2,3). The van der Waals surface area contributed by atoms with Crippen LogP contribution in [0, 0.1) is 0 Å². The van der Waals surface area contributed by atoms with Crippen molar-refractivity contribution in [3.05, 3.63) is 5.56 Å². The molecule has 0 aliphatic carbocycles. The Balaban J connectivity index is 0.00000122. The lowest BCUT2D eigenvalue weighted by Crippen LogP contribution is -2.07. The number of hydrogen-bond donors (Lipinski definition) is 6. The quantitative estimate of drug-likeness (QED) is 0.155. The summed E-state index contributed by atoms with van der Waals surface area (Å²) in [5.74, 6) is -6.53. The van der Waals surface area contributed by atoms with Crippen LogP contribution in [-0.4, -0.2) is 49.7 Å². The van der Waals surface area contributed by atoms with Gasteiger partial charge in [0.15, 0.2) is 17.1 Å². The van der Waals surface area contributed by atoms with Crippen molar-refractivity contribution in [1.29, 1.82) is 0 Å². The number of esters is 1. The van der Waals surface area contributed by atoms with Crippen molar-refractivity contribution in [2.24, 2.45) is 0 Å². The molecular formula is C12H16O9. The van der Waals surface area contributed by atoms with Crippen molar-refractivity contribution in [2.45, 2.75) is 19.8 Å². The fourth-order valence-corrected chi connectivity index (χ4v) is 1.26. The van der Waals surface area contributed by atoms with Crippen LogP contribution in [0.15, 0.2) is 0 Å². The van der Waals surface area contributed by atoms with Gasteiger partial charge < -0.3 is 35.4 Å². The molecule has 0 aliphatic heterocycles. The first-order valence-corrected chi connectivity index (χ1v) is 5.77. The van der Waals surface area contributed by atoms with Crippen LogP contribution in [-0.2, 0) is 9.53 Å². The van der Waals surface area contributed by atoms with Crippen molar-refractivity contribution in [2.75, 3.05) is 6.61 Å². The van der Waals surface area contributed by atoms with Crippen molar-refractivity contribution >= 4 is 12.4 Å². The van der Waals surface area contributed by atoms with Crippen LogP contribution < -0.4 is 0 Å². The number of carbonyl (C=O) groups excluding carboxylic acids is 1. The summed E-state index contributed by atoms with van der Waals surface area (Å²) in [6.45, 7) is 1.69. The first kappa shape index (κ1) is 18.2. The normalized spacial score (nSPS) is 9.38. The molecule has 9 heteroatoms. The summed E-state index contributed by atoms with van der Waals surface area (Å²) < 4.78 is 4.72. The van der Waals surface area contributed by atoms with E-state index >= 15 is 0 Å². The third-order valence-corrected chi connectivity index (χ3v) is 2.31. The molecule has 0 saturated heterocycles. The van der Waals surface area contributed by atoms with Crippen LogP contribution in [0.25, 0.3) is 0 Å². The Morgan fingerprint density at radius 1 is 1.00 bits per heavy atom. The van der Waals surface area contributed by atoms with Gasteiger partial charge >= 0.3 is 5.97 Å². The Bertz CT molecular complexity index is 481. The second-order valence-electron chi connectivity index (χ2n) is 3.71. The van der Waals surface area contributed by atoms with Crippen molar-refractivity contribution in [1.82, 2.24) is 0 Å². The molecule has 21 heavy (non-hydrogen) atoms. The lowest BCUT2D eigenvalue weighted by Gasteiger charge is -2.11. The lowest BCUT2D eigenvalue weighted by molar-refractivity contribution is -0.122. The molecule has 0 unspecified atom stereocenters. The molecule has 9 nitrogen and oxygen atoms in total. The van der Waals surface area contributed by atoms with E-state index in [4.69, 9.17) is 19.7 Å². The average molecular weight is 304 g/mol. The summed E-state index contributed by atoms with van der Waals surface area (Å²) in [6.07, 6.45) is 1.36. The molecule has 0 heterocycles. The zero-order valence-corrected chi connectivity index (χ0v) is 11.1. The first-order chi connectivity index (χ1) is 9.83. The third-order valence-electron chi connectivity index (χ3n) is 2.31. The van der Waals surface area contributed by atoms with Crippen molar-refractivity contribution in [3.8, 4) is 28.7 Å². The van der Waals surface area contributed by atoms with Crippen molar-refractivity contribution < 1.29 is 45.0 Å². The summed E-state index contributed by atoms with van der Waals surface area (Å²) in [4.78, 5) is 19.9. The number of phenols is 5. The van der Waals surface area contributed by atoms with E-state index in [0.717, 1.165) is 6.42 Å². The van der Waals surface area contributed by atoms with E-state index in [1.54, 1.807) is 0 Å². The molecule has 6 N–H and O–H groups in total. The minimum absolute atomic E-state index is 0.0661. The van der Waals surface area contributed by atoms with E-state index < -0.39 is 40.3 Å². The highest BCUT2D eigenvalue weighted by Gasteiger charge is 2.28. The van der Waals surface area contributed by atoms with Gasteiger partial charge in [-0.25, -0.2) is 4.79 Å². The van der Waals surface area contributed by atoms with Gasteiger partial charge in [0.1, 0.15) is 0 Å². The van der Waals surface area contributed by atoms with Crippen LogP contribution in [0.3, 0.4) is 0 Å². The summed E-state index contributed by atoms with van der Waals surface area (Å²) in [7, 11) is 0. The van der Waals surface area contributed by atoms with Gasteiger partial charge in [-0.05, 0) is 6.42 Å². The second-order valence-corrected chi connectivity index (χ2v) is 3.71. The Kier molecular flexibility index (Phi) is 7.22. The number of carboxylic acid groups (broad SMARTS) is 1. The molecule has 1 rings (SSSR count). The van der Waals surface area contributed by atoms with Gasteiger partial charge in [-0.3, -0.25) is 4.79 Å². The monoisotopic (exact) mass is 304 g/mol. The summed E-state index contributed by atoms with van der Waals surface area (Å²) >= 11 is 0. The van der Waals surface area contributed by atoms with Crippen LogP contribution in [0.4, 0.5) is 0 Å². The predicted octanol–water partition coefficient (Wildman–Crippen LogP) is 0.872. The molecular weight excluding hydrogens is 288 g/mol. The van der Waals surface area contributed by atoms with Gasteiger partial charge in [-0.2, -0.15) is 0 Å². The van der Waals surface area contributed by atoms with E-state index in [9.17, 15) is 25.2 Å². The summed E-state index contributed by atoms with van der Waals surface area (Å²) in [6, 6.07) is 0. The highest BCUT2D eigenvalue weighted by Crippen LogP contribution is 2.50. The van der Waals surface area contributed by atoms with Gasteiger partial charge in [0, 0.05) is 0 Å². The smallest absolute Gasteiger partial charge is 0.346 e. The number of unbranched alkanes of at least 4 members (excludes halogenated alkanes) is 1. The minimum atomic E-state index is -1.12. The van der Waals surface area contributed by atoms with Gasteiger partial charge in [0.2, 0.25) is 17.2 Å². The highest BCUT2D eigenvalue weighted by molar-refractivity contribution is 5.98. The molecule has 0 amide bonds. The van der Waals surface area contributed by atoms with E-state index in [0.29, 0.717) is 6.42 Å². The maximum atomic E-state index is 11.5. The van der Waals surface area contributed by atoms with Gasteiger partial charge in [-0.15, -0.1) is 0 Å². The SMILES string of the molecule is CCCCOC(=O)c1c(O)c(O)c(O)c(O)c1O.O=CO. The Labute approximate surface area is 119 Å². The second kappa shape index (κ2) is 8.35. The van der Waals surface area contributed by atoms with Crippen LogP contribution in [0.2, 0.25) is 0 Å². The Hall–Kier alpha value is -2.84. The third kappa shape index (κ3) is 4.34. The lowest BCUT2D eigenvalue weighted by atomic mass is 10.1. The molecule has 0 atom stereocenters. The highest BCUT2D eigenvalue weighted by atomic mass is 16.5. The molecule has 0 aromatic heterocycles. The molecule has 1 aromatic carbocycles. The largest absolute Gasteiger partial charge is 0.503 e. The minimum Gasteiger partial charge on any atom is -0.503 e. The first-order valence-electron chi connectivity index (χ1n) is 5.77.